The van der Waals surface area contributed by atoms with Crippen molar-refractivity contribution in [2.24, 2.45) is 0 Å². The summed E-state index contributed by atoms with van der Waals surface area (Å²) in [5.74, 6) is 1.10. The van der Waals surface area contributed by atoms with E-state index in [4.69, 9.17) is 9.05 Å². The number of carbonyl (C=O) groups excluding carboxylic acids is 1. The number of H-pyrrole nitrogens is 1. The van der Waals surface area contributed by atoms with E-state index < -0.39 is 0 Å². The van der Waals surface area contributed by atoms with Gasteiger partial charge in [-0.3, -0.25) is 9.59 Å². The average Bonchev–Trinajstić information content (AvgIpc) is 3.13. The van der Waals surface area contributed by atoms with Crippen LogP contribution < -0.4 is 10.9 Å². The number of nitrogens with zero attached hydrogens (tertiary/aromatic N) is 3. The molecular formula is C15H13N5O4. The van der Waals surface area contributed by atoms with Crippen molar-refractivity contribution in [3.05, 3.63) is 52.1 Å². The Morgan fingerprint density at radius 2 is 2.21 bits per heavy atom. The normalized spacial score (nSPS) is 13.8. The lowest BCUT2D eigenvalue weighted by atomic mass is 10.3. The fraction of sp³-hybridized carbons (Fsp3) is 0.267. The first kappa shape index (κ1) is 14.4. The summed E-state index contributed by atoms with van der Waals surface area (Å²) in [6, 6.07) is 4.90. The minimum Gasteiger partial charge on any atom is -0.360 e. The second-order valence-corrected chi connectivity index (χ2v) is 5.50. The minimum atomic E-state index is -0.386. The molecule has 0 spiro atoms. The highest BCUT2D eigenvalue weighted by Crippen LogP contribution is 2.40. The maximum atomic E-state index is 12.0. The van der Waals surface area contributed by atoms with E-state index >= 15 is 0 Å². The predicted molar refractivity (Wildman–Crippen MR) is 80.0 cm³/mol. The van der Waals surface area contributed by atoms with Gasteiger partial charge in [0, 0.05) is 18.2 Å². The Labute approximate surface area is 135 Å². The topological polar surface area (TPSA) is 127 Å². The van der Waals surface area contributed by atoms with Gasteiger partial charge in [-0.15, -0.1) is 0 Å². The van der Waals surface area contributed by atoms with Crippen LogP contribution in [-0.2, 0) is 6.54 Å². The Balaban J connectivity index is 1.41. The quantitative estimate of drug-likeness (QED) is 0.721. The van der Waals surface area contributed by atoms with Crippen molar-refractivity contribution in [2.75, 3.05) is 0 Å². The van der Waals surface area contributed by atoms with Crippen LogP contribution in [0.25, 0.3) is 11.4 Å². The third kappa shape index (κ3) is 2.83. The first-order valence-electron chi connectivity index (χ1n) is 7.46. The van der Waals surface area contributed by atoms with E-state index in [0.29, 0.717) is 11.5 Å². The summed E-state index contributed by atoms with van der Waals surface area (Å²) < 4.78 is 10.2. The van der Waals surface area contributed by atoms with Gasteiger partial charge in [-0.2, -0.15) is 4.98 Å². The monoisotopic (exact) mass is 327 g/mol. The molecule has 0 radical (unpaired) electrons. The molecule has 0 aliphatic heterocycles. The lowest BCUT2D eigenvalue weighted by molar-refractivity contribution is 0.0937. The molecule has 1 aliphatic carbocycles. The van der Waals surface area contributed by atoms with Crippen LogP contribution in [0.4, 0.5) is 0 Å². The van der Waals surface area contributed by atoms with Crippen molar-refractivity contribution in [3.63, 3.8) is 0 Å². The molecule has 0 aromatic carbocycles. The molecule has 1 aliphatic rings. The lowest BCUT2D eigenvalue weighted by Crippen LogP contribution is -2.23. The SMILES string of the molecule is O=C(NCc1nc(-c2ccc[nH]c2=O)no1)c1cc(C2CC2)on1. The molecule has 1 saturated carbocycles. The van der Waals surface area contributed by atoms with Crippen LogP contribution >= 0.6 is 0 Å². The second kappa shape index (κ2) is 5.76. The highest BCUT2D eigenvalue weighted by molar-refractivity contribution is 5.92. The van der Waals surface area contributed by atoms with Gasteiger partial charge in [0.1, 0.15) is 5.76 Å². The molecule has 0 bridgehead atoms. The molecule has 3 aromatic heterocycles. The smallest absolute Gasteiger partial charge is 0.273 e. The summed E-state index contributed by atoms with van der Waals surface area (Å²) in [4.78, 5) is 30.3. The third-order valence-corrected chi connectivity index (χ3v) is 3.67. The molecule has 2 N–H and O–H groups in total. The summed E-state index contributed by atoms with van der Waals surface area (Å²) >= 11 is 0. The van der Waals surface area contributed by atoms with Crippen LogP contribution in [0.3, 0.4) is 0 Å². The Hall–Kier alpha value is -3.23. The number of hydrogen-bond donors (Lipinski definition) is 2. The van der Waals surface area contributed by atoms with Gasteiger partial charge in [0.25, 0.3) is 11.5 Å². The van der Waals surface area contributed by atoms with E-state index in [1.807, 2.05) is 0 Å². The minimum absolute atomic E-state index is 0.0300. The fourth-order valence-corrected chi connectivity index (χ4v) is 2.24. The number of nitrogens with one attached hydrogen (secondary N) is 2. The van der Waals surface area contributed by atoms with E-state index in [1.165, 1.54) is 6.20 Å². The van der Waals surface area contributed by atoms with Crippen molar-refractivity contribution >= 4 is 5.91 Å². The van der Waals surface area contributed by atoms with Crippen molar-refractivity contribution in [3.8, 4) is 11.4 Å². The third-order valence-electron chi connectivity index (χ3n) is 3.67. The lowest BCUT2D eigenvalue weighted by Gasteiger charge is -1.97. The van der Waals surface area contributed by atoms with Gasteiger partial charge >= 0.3 is 0 Å². The van der Waals surface area contributed by atoms with Crippen LogP contribution in [-0.4, -0.2) is 26.2 Å². The zero-order chi connectivity index (χ0) is 16.5. The van der Waals surface area contributed by atoms with Gasteiger partial charge in [-0.1, -0.05) is 10.3 Å². The molecule has 9 nitrogen and oxygen atoms in total. The summed E-state index contributed by atoms with van der Waals surface area (Å²) in [6.07, 6.45) is 3.65. The van der Waals surface area contributed by atoms with Gasteiger partial charge in [-0.25, -0.2) is 0 Å². The van der Waals surface area contributed by atoms with Crippen LogP contribution in [0.1, 0.15) is 40.9 Å². The van der Waals surface area contributed by atoms with E-state index in [-0.39, 0.29) is 35.4 Å². The average molecular weight is 327 g/mol. The summed E-state index contributed by atoms with van der Waals surface area (Å²) in [5, 5.41) is 10.1. The summed E-state index contributed by atoms with van der Waals surface area (Å²) in [6.45, 7) is 0.0300. The maximum Gasteiger partial charge on any atom is 0.273 e. The van der Waals surface area contributed by atoms with Crippen molar-refractivity contribution in [1.29, 1.82) is 0 Å². The largest absolute Gasteiger partial charge is 0.360 e. The Morgan fingerprint density at radius 3 is 3.00 bits per heavy atom. The summed E-state index contributed by atoms with van der Waals surface area (Å²) in [5.41, 5.74) is 0.199. The molecule has 1 amide bonds. The molecular weight excluding hydrogens is 314 g/mol. The molecule has 3 aromatic rings. The van der Waals surface area contributed by atoms with E-state index in [0.717, 1.165) is 18.6 Å². The van der Waals surface area contributed by atoms with Gasteiger partial charge < -0.3 is 19.3 Å². The fourth-order valence-electron chi connectivity index (χ4n) is 2.24. The molecule has 24 heavy (non-hydrogen) atoms. The zero-order valence-electron chi connectivity index (χ0n) is 12.5. The standard InChI is InChI=1S/C15H13N5O4/c21-14-9(2-1-5-16-14)13-18-12(24-20-13)7-17-15(22)10-6-11(23-19-10)8-3-4-8/h1-2,5-6,8H,3-4,7H2,(H,16,21)(H,17,22). The molecule has 0 atom stereocenters. The maximum absolute atomic E-state index is 12.0. The number of hydrogen-bond acceptors (Lipinski definition) is 7. The number of amides is 1. The number of pyridine rings is 1. The summed E-state index contributed by atoms with van der Waals surface area (Å²) in [7, 11) is 0. The van der Waals surface area contributed by atoms with Crippen LogP contribution in [0, 0.1) is 0 Å². The molecule has 4 rings (SSSR count). The molecule has 3 heterocycles. The number of aromatic amines is 1. The first-order chi connectivity index (χ1) is 11.7. The number of aromatic nitrogens is 4. The Kier molecular flexibility index (Phi) is 3.45. The van der Waals surface area contributed by atoms with E-state index in [9.17, 15) is 9.59 Å². The zero-order valence-corrected chi connectivity index (χ0v) is 12.5. The van der Waals surface area contributed by atoms with Crippen LogP contribution in [0.5, 0.6) is 0 Å². The van der Waals surface area contributed by atoms with Crippen molar-refractivity contribution in [1.82, 2.24) is 25.6 Å². The van der Waals surface area contributed by atoms with E-state index in [1.54, 1.807) is 18.2 Å². The van der Waals surface area contributed by atoms with E-state index in [2.05, 4.69) is 25.6 Å². The molecule has 0 unspecified atom stereocenters. The van der Waals surface area contributed by atoms with Crippen LogP contribution in [0.2, 0.25) is 0 Å². The van der Waals surface area contributed by atoms with Crippen molar-refractivity contribution < 1.29 is 13.8 Å². The molecule has 122 valence electrons. The predicted octanol–water partition coefficient (Wildman–Crippen LogP) is 1.22. The Morgan fingerprint density at radius 1 is 1.33 bits per heavy atom. The van der Waals surface area contributed by atoms with Gasteiger partial charge in [0.2, 0.25) is 11.7 Å². The molecule has 0 saturated heterocycles. The van der Waals surface area contributed by atoms with Gasteiger partial charge in [0.05, 0.1) is 12.1 Å². The van der Waals surface area contributed by atoms with Crippen LogP contribution in [0.15, 0.2) is 38.2 Å². The highest BCUT2D eigenvalue weighted by Gasteiger charge is 2.28. The van der Waals surface area contributed by atoms with Crippen molar-refractivity contribution in [2.45, 2.75) is 25.3 Å². The highest BCUT2D eigenvalue weighted by atomic mass is 16.5. The molecule has 1 fully saturated rings. The van der Waals surface area contributed by atoms with Gasteiger partial charge in [0.15, 0.2) is 5.69 Å². The first-order valence-corrected chi connectivity index (χ1v) is 7.46. The Bertz CT molecular complexity index is 937. The molecule has 9 heteroatoms. The number of rotatable bonds is 5. The second-order valence-electron chi connectivity index (χ2n) is 5.50. The van der Waals surface area contributed by atoms with Gasteiger partial charge in [-0.05, 0) is 25.0 Å². The number of carbonyl (C=O) groups is 1.